The zero-order valence-electron chi connectivity index (χ0n) is 12.6. The molecule has 0 saturated heterocycles. The van der Waals surface area contributed by atoms with Crippen LogP contribution >= 0.6 is 11.6 Å². The molecule has 0 radical (unpaired) electrons. The molecule has 1 aromatic carbocycles. The lowest BCUT2D eigenvalue weighted by Crippen LogP contribution is -2.46. The number of halogens is 1. The van der Waals surface area contributed by atoms with Gasteiger partial charge in [0.1, 0.15) is 0 Å². The van der Waals surface area contributed by atoms with Gasteiger partial charge in [-0.2, -0.15) is 0 Å². The molecule has 116 valence electrons. The van der Waals surface area contributed by atoms with Crippen LogP contribution < -0.4 is 10.6 Å². The van der Waals surface area contributed by atoms with E-state index in [-0.39, 0.29) is 18.5 Å². The van der Waals surface area contributed by atoms with E-state index >= 15 is 0 Å². The van der Waals surface area contributed by atoms with Gasteiger partial charge in [0.05, 0.1) is 6.54 Å². The molecule has 21 heavy (non-hydrogen) atoms. The minimum absolute atomic E-state index is 0.0459. The monoisotopic (exact) mass is 311 g/mol. The highest BCUT2D eigenvalue weighted by Gasteiger charge is 2.12. The smallest absolute Gasteiger partial charge is 0.321 e. The summed E-state index contributed by atoms with van der Waals surface area (Å²) in [6.45, 7) is 4.61. The molecule has 0 fully saturated rings. The summed E-state index contributed by atoms with van der Waals surface area (Å²) in [4.78, 5) is 25.1. The number of benzene rings is 1. The van der Waals surface area contributed by atoms with Gasteiger partial charge in [-0.05, 0) is 38.1 Å². The number of imide groups is 1. The predicted octanol–water partition coefficient (Wildman–Crippen LogP) is 2.40. The summed E-state index contributed by atoms with van der Waals surface area (Å²) in [5, 5.41) is 5.69. The second-order valence-electron chi connectivity index (χ2n) is 5.13. The van der Waals surface area contributed by atoms with Crippen LogP contribution in [0.25, 0.3) is 0 Å². The largest absolute Gasteiger partial charge is 0.335 e. The molecular weight excluding hydrogens is 290 g/mol. The van der Waals surface area contributed by atoms with Crippen molar-refractivity contribution in [3.8, 4) is 0 Å². The summed E-state index contributed by atoms with van der Waals surface area (Å²) in [5.74, 6) is -0.327. The Morgan fingerprint density at radius 3 is 2.48 bits per heavy atom. The van der Waals surface area contributed by atoms with Gasteiger partial charge in [0, 0.05) is 17.6 Å². The van der Waals surface area contributed by atoms with Gasteiger partial charge >= 0.3 is 6.03 Å². The number of carbonyl (C=O) groups excluding carboxylic acids is 2. The van der Waals surface area contributed by atoms with Crippen molar-refractivity contribution >= 4 is 23.5 Å². The summed E-state index contributed by atoms with van der Waals surface area (Å²) < 4.78 is 0. The molecule has 0 unspecified atom stereocenters. The molecule has 3 amide bonds. The van der Waals surface area contributed by atoms with Gasteiger partial charge in [-0.3, -0.25) is 15.0 Å². The van der Waals surface area contributed by atoms with E-state index in [2.05, 4.69) is 10.6 Å². The van der Waals surface area contributed by atoms with E-state index in [1.54, 1.807) is 0 Å². The van der Waals surface area contributed by atoms with E-state index in [1.807, 2.05) is 50.1 Å². The summed E-state index contributed by atoms with van der Waals surface area (Å²) in [5.41, 5.74) is 1.05. The van der Waals surface area contributed by atoms with E-state index in [4.69, 9.17) is 11.6 Å². The molecule has 5 nitrogen and oxygen atoms in total. The Morgan fingerprint density at radius 2 is 1.90 bits per heavy atom. The molecule has 1 aromatic rings. The summed E-state index contributed by atoms with van der Waals surface area (Å²) in [7, 11) is 1.82. The Labute approximate surface area is 130 Å². The van der Waals surface area contributed by atoms with E-state index in [0.29, 0.717) is 11.6 Å². The van der Waals surface area contributed by atoms with Crippen LogP contribution in [0, 0.1) is 0 Å². The van der Waals surface area contributed by atoms with Crippen LogP contribution in [0.2, 0.25) is 5.02 Å². The summed E-state index contributed by atoms with van der Waals surface area (Å²) in [6.07, 6.45) is 0.818. The SMILES string of the molecule is CC[C@H](C)NC(=O)NC(=O)CN(C)Cc1ccc(Cl)cc1. The Morgan fingerprint density at radius 1 is 1.29 bits per heavy atom. The third-order valence-corrected chi connectivity index (χ3v) is 3.27. The number of hydrogen-bond donors (Lipinski definition) is 2. The second kappa shape index (κ2) is 8.64. The van der Waals surface area contributed by atoms with Crippen molar-refractivity contribution in [3.63, 3.8) is 0 Å². The van der Waals surface area contributed by atoms with Crippen LogP contribution in [0.15, 0.2) is 24.3 Å². The fraction of sp³-hybridized carbons (Fsp3) is 0.467. The van der Waals surface area contributed by atoms with Crippen LogP contribution in [0.4, 0.5) is 4.79 Å². The molecular formula is C15H22ClN3O2. The zero-order chi connectivity index (χ0) is 15.8. The maximum absolute atomic E-state index is 11.7. The van der Waals surface area contributed by atoms with Crippen LogP contribution in [0.5, 0.6) is 0 Å². The summed E-state index contributed by atoms with van der Waals surface area (Å²) >= 11 is 5.82. The number of amides is 3. The molecule has 6 heteroatoms. The van der Waals surface area contributed by atoms with Crippen molar-refractivity contribution in [2.24, 2.45) is 0 Å². The molecule has 0 aliphatic heterocycles. The maximum atomic E-state index is 11.7. The number of nitrogens with one attached hydrogen (secondary N) is 2. The lowest BCUT2D eigenvalue weighted by atomic mass is 10.2. The zero-order valence-corrected chi connectivity index (χ0v) is 13.4. The van der Waals surface area contributed by atoms with E-state index in [1.165, 1.54) is 0 Å². The van der Waals surface area contributed by atoms with Crippen molar-refractivity contribution in [3.05, 3.63) is 34.9 Å². The Hall–Kier alpha value is -1.59. The Bertz CT molecular complexity index is 476. The topological polar surface area (TPSA) is 61.4 Å². The molecule has 0 spiro atoms. The molecule has 1 atom stereocenters. The van der Waals surface area contributed by atoms with E-state index in [0.717, 1.165) is 12.0 Å². The highest BCUT2D eigenvalue weighted by molar-refractivity contribution is 6.30. The van der Waals surface area contributed by atoms with Crippen molar-refractivity contribution < 1.29 is 9.59 Å². The van der Waals surface area contributed by atoms with Gasteiger partial charge in [-0.25, -0.2) is 4.79 Å². The van der Waals surface area contributed by atoms with Crippen LogP contribution in [-0.2, 0) is 11.3 Å². The maximum Gasteiger partial charge on any atom is 0.321 e. The molecule has 0 saturated carbocycles. The Kier molecular flexibility index (Phi) is 7.19. The first-order valence-electron chi connectivity index (χ1n) is 6.94. The number of likely N-dealkylation sites (N-methyl/N-ethyl adjacent to an activating group) is 1. The second-order valence-corrected chi connectivity index (χ2v) is 5.57. The minimum Gasteiger partial charge on any atom is -0.335 e. The van der Waals surface area contributed by atoms with Crippen LogP contribution in [-0.4, -0.2) is 36.5 Å². The van der Waals surface area contributed by atoms with E-state index in [9.17, 15) is 9.59 Å². The van der Waals surface area contributed by atoms with Gasteiger partial charge in [-0.15, -0.1) is 0 Å². The van der Waals surface area contributed by atoms with E-state index < -0.39 is 6.03 Å². The quantitative estimate of drug-likeness (QED) is 0.848. The van der Waals surface area contributed by atoms with Crippen LogP contribution in [0.3, 0.4) is 0 Å². The lowest BCUT2D eigenvalue weighted by Gasteiger charge is -2.17. The normalized spacial score (nSPS) is 12.0. The number of nitrogens with zero attached hydrogens (tertiary/aromatic N) is 1. The van der Waals surface area contributed by atoms with Gasteiger partial charge in [-0.1, -0.05) is 30.7 Å². The molecule has 0 bridgehead atoms. The molecule has 0 aliphatic carbocycles. The van der Waals surface area contributed by atoms with Crippen molar-refractivity contribution in [2.45, 2.75) is 32.9 Å². The van der Waals surface area contributed by atoms with Crippen LogP contribution in [0.1, 0.15) is 25.8 Å². The number of urea groups is 1. The van der Waals surface area contributed by atoms with Gasteiger partial charge < -0.3 is 5.32 Å². The van der Waals surface area contributed by atoms with Gasteiger partial charge in [0.2, 0.25) is 5.91 Å². The molecule has 2 N–H and O–H groups in total. The Balaban J connectivity index is 2.36. The fourth-order valence-corrected chi connectivity index (χ4v) is 1.86. The average Bonchev–Trinajstić information content (AvgIpc) is 2.40. The lowest BCUT2D eigenvalue weighted by molar-refractivity contribution is -0.120. The number of hydrogen-bond acceptors (Lipinski definition) is 3. The van der Waals surface area contributed by atoms with Crippen molar-refractivity contribution in [2.75, 3.05) is 13.6 Å². The van der Waals surface area contributed by atoms with Gasteiger partial charge in [0.25, 0.3) is 0 Å². The first kappa shape index (κ1) is 17.5. The molecule has 0 aliphatic rings. The number of rotatable bonds is 6. The molecule has 0 aromatic heterocycles. The first-order valence-corrected chi connectivity index (χ1v) is 7.31. The minimum atomic E-state index is -0.450. The third-order valence-electron chi connectivity index (χ3n) is 3.02. The molecule has 0 heterocycles. The predicted molar refractivity (Wildman–Crippen MR) is 84.2 cm³/mol. The third kappa shape index (κ3) is 7.11. The summed E-state index contributed by atoms with van der Waals surface area (Å²) in [6, 6.07) is 7.03. The van der Waals surface area contributed by atoms with Gasteiger partial charge in [0.15, 0.2) is 0 Å². The molecule has 1 rings (SSSR count). The number of carbonyl (C=O) groups is 2. The van der Waals surface area contributed by atoms with Crippen molar-refractivity contribution in [1.29, 1.82) is 0 Å². The highest BCUT2D eigenvalue weighted by Crippen LogP contribution is 2.10. The first-order chi connectivity index (χ1) is 9.90. The van der Waals surface area contributed by atoms with Crippen molar-refractivity contribution in [1.82, 2.24) is 15.5 Å². The standard InChI is InChI=1S/C15H22ClN3O2/c1-4-11(2)17-15(21)18-14(20)10-19(3)9-12-5-7-13(16)8-6-12/h5-8,11H,4,9-10H2,1-3H3,(H2,17,18,20,21)/t11-/m0/s1. The highest BCUT2D eigenvalue weighted by atomic mass is 35.5. The fourth-order valence-electron chi connectivity index (χ4n) is 1.73. The average molecular weight is 312 g/mol.